The highest BCUT2D eigenvalue weighted by Crippen LogP contribution is 2.12. The highest BCUT2D eigenvalue weighted by atomic mass is 14.9. The van der Waals surface area contributed by atoms with Crippen molar-refractivity contribution in [2.24, 2.45) is 0 Å². The van der Waals surface area contributed by atoms with E-state index >= 15 is 0 Å². The van der Waals surface area contributed by atoms with E-state index in [1.807, 2.05) is 7.05 Å². The van der Waals surface area contributed by atoms with Crippen LogP contribution in [0.15, 0.2) is 61.0 Å². The van der Waals surface area contributed by atoms with Gasteiger partial charge in [0.15, 0.2) is 0 Å². The number of nitrogens with one attached hydrogen (secondary N) is 2. The van der Waals surface area contributed by atoms with Gasteiger partial charge in [0.25, 0.3) is 0 Å². The van der Waals surface area contributed by atoms with Crippen LogP contribution in [0.3, 0.4) is 0 Å². The van der Waals surface area contributed by atoms with Gasteiger partial charge in [-0.2, -0.15) is 0 Å². The van der Waals surface area contributed by atoms with Crippen LogP contribution in [0.2, 0.25) is 0 Å². The summed E-state index contributed by atoms with van der Waals surface area (Å²) in [7, 11) is 1.87. The predicted molar refractivity (Wildman–Crippen MR) is 126 cm³/mol. The zero-order chi connectivity index (χ0) is 20.5. The van der Waals surface area contributed by atoms with E-state index in [2.05, 4.69) is 67.1 Å². The zero-order valence-electron chi connectivity index (χ0n) is 18.4. The molecule has 0 radical (unpaired) electrons. The third-order valence-electron chi connectivity index (χ3n) is 5.14. The van der Waals surface area contributed by atoms with Crippen molar-refractivity contribution in [1.29, 1.82) is 0 Å². The minimum atomic E-state index is 0.867. The first-order chi connectivity index (χ1) is 13.6. The van der Waals surface area contributed by atoms with Gasteiger partial charge in [-0.25, -0.2) is 0 Å². The first-order valence-corrected chi connectivity index (χ1v) is 11.1. The summed E-state index contributed by atoms with van der Waals surface area (Å²) in [6.07, 6.45) is 18.9. The number of hydrogen-bond acceptors (Lipinski definition) is 2. The van der Waals surface area contributed by atoms with Crippen molar-refractivity contribution in [3.05, 3.63) is 72.1 Å². The van der Waals surface area contributed by atoms with Crippen LogP contribution in [0.5, 0.6) is 0 Å². The fourth-order valence-electron chi connectivity index (χ4n) is 3.29. The fourth-order valence-corrected chi connectivity index (χ4v) is 3.29. The Hall–Kier alpha value is -1.96. The Morgan fingerprint density at radius 1 is 0.857 bits per heavy atom. The minimum absolute atomic E-state index is 0.867. The Kier molecular flexibility index (Phi) is 13.8. The molecule has 0 aliphatic carbocycles. The van der Waals surface area contributed by atoms with Crippen LogP contribution in [0.1, 0.15) is 75.3 Å². The lowest BCUT2D eigenvalue weighted by molar-refractivity contribution is 0.596. The van der Waals surface area contributed by atoms with Crippen LogP contribution >= 0.6 is 0 Å². The fraction of sp³-hybridized carbons (Fsp3) is 0.538. The molecule has 2 heteroatoms. The maximum atomic E-state index is 3.95. The molecule has 1 aromatic rings. The summed E-state index contributed by atoms with van der Waals surface area (Å²) in [6, 6.07) is 8.93. The van der Waals surface area contributed by atoms with Gasteiger partial charge in [-0.3, -0.25) is 0 Å². The minimum Gasteiger partial charge on any atom is -0.387 e. The molecule has 156 valence electrons. The quantitative estimate of drug-likeness (QED) is 0.175. The number of unbranched alkanes of at least 4 members (excludes halogenated alkanes) is 8. The second kappa shape index (κ2) is 16.0. The topological polar surface area (TPSA) is 24.1 Å². The monoisotopic (exact) mass is 382 g/mol. The number of hydrogen-bond donors (Lipinski definition) is 2. The largest absolute Gasteiger partial charge is 0.387 e. The van der Waals surface area contributed by atoms with Gasteiger partial charge in [0.1, 0.15) is 0 Å². The van der Waals surface area contributed by atoms with Gasteiger partial charge in [-0.15, -0.1) is 0 Å². The molecular formula is C26H42N2. The summed E-state index contributed by atoms with van der Waals surface area (Å²) < 4.78 is 0. The van der Waals surface area contributed by atoms with E-state index in [1.54, 1.807) is 0 Å². The van der Waals surface area contributed by atoms with E-state index in [0.29, 0.717) is 0 Å². The average Bonchev–Trinajstić information content (AvgIpc) is 2.70. The van der Waals surface area contributed by atoms with Crippen molar-refractivity contribution in [3.8, 4) is 0 Å². The van der Waals surface area contributed by atoms with E-state index < -0.39 is 0 Å². The third kappa shape index (κ3) is 12.4. The predicted octanol–water partition coefficient (Wildman–Crippen LogP) is 6.83. The van der Waals surface area contributed by atoms with Crippen LogP contribution in [0.25, 0.3) is 0 Å². The number of benzene rings is 1. The van der Waals surface area contributed by atoms with E-state index in [9.17, 15) is 0 Å². The molecule has 0 aromatic heterocycles. The summed E-state index contributed by atoms with van der Waals surface area (Å²) in [5.41, 5.74) is 4.64. The van der Waals surface area contributed by atoms with Gasteiger partial charge >= 0.3 is 0 Å². The Labute approximate surface area is 174 Å². The highest BCUT2D eigenvalue weighted by Gasteiger charge is 1.96. The smallest absolute Gasteiger partial charge is 0.0496 e. The molecular weight excluding hydrogens is 340 g/mol. The maximum absolute atomic E-state index is 3.95. The molecule has 0 spiro atoms. The van der Waals surface area contributed by atoms with Gasteiger partial charge < -0.3 is 10.6 Å². The molecule has 0 aliphatic rings. The molecule has 2 nitrogen and oxygen atoms in total. The Balaban J connectivity index is 1.84. The number of likely N-dealkylation sites (N-methyl/N-ethyl adjacent to an activating group) is 1. The lowest BCUT2D eigenvalue weighted by atomic mass is 10.0. The highest BCUT2D eigenvalue weighted by molar-refractivity contribution is 5.22. The lowest BCUT2D eigenvalue weighted by Gasteiger charge is -2.10. The average molecular weight is 383 g/mol. The molecule has 0 fully saturated rings. The standard InChI is InChI=1S/C26H42N2/c1-23-18-17-20-26(22-23)19-15-13-11-9-7-5-6-8-10-12-14-16-21-28-25(3)24(2)27-4/h8,10,17-18,20,22,27-28H,2-3,5-7,9,11-16,19,21H2,1,4H3/b10-8-. The van der Waals surface area contributed by atoms with E-state index in [-0.39, 0.29) is 0 Å². The molecule has 1 rings (SSSR count). The molecule has 0 amide bonds. The Morgan fingerprint density at radius 3 is 2.18 bits per heavy atom. The molecule has 0 atom stereocenters. The summed E-state index contributed by atoms with van der Waals surface area (Å²) in [5.74, 6) is 0. The van der Waals surface area contributed by atoms with Gasteiger partial charge in [-0.05, 0) is 57.4 Å². The molecule has 0 heterocycles. The van der Waals surface area contributed by atoms with Gasteiger partial charge in [0.2, 0.25) is 0 Å². The molecule has 0 saturated heterocycles. The van der Waals surface area contributed by atoms with Gasteiger partial charge in [0, 0.05) is 25.0 Å². The Bertz CT molecular complexity index is 586. The molecule has 0 aliphatic heterocycles. The van der Waals surface area contributed by atoms with Crippen molar-refractivity contribution < 1.29 is 0 Å². The first kappa shape index (κ1) is 24.1. The summed E-state index contributed by atoms with van der Waals surface area (Å²) in [6.45, 7) is 11.0. The van der Waals surface area contributed by atoms with Gasteiger partial charge in [-0.1, -0.05) is 80.8 Å². The van der Waals surface area contributed by atoms with E-state index in [0.717, 1.165) is 17.9 Å². The van der Waals surface area contributed by atoms with Crippen molar-refractivity contribution in [2.75, 3.05) is 13.6 Å². The molecule has 0 unspecified atom stereocenters. The number of aryl methyl sites for hydroxylation is 2. The second-order valence-corrected chi connectivity index (χ2v) is 7.75. The third-order valence-corrected chi connectivity index (χ3v) is 5.14. The van der Waals surface area contributed by atoms with Crippen LogP contribution in [0, 0.1) is 6.92 Å². The van der Waals surface area contributed by atoms with Crippen LogP contribution in [-0.2, 0) is 6.42 Å². The summed E-state index contributed by atoms with van der Waals surface area (Å²) in [5, 5.41) is 6.31. The SMILES string of the molecule is C=C(NC)C(=C)NCCCC/C=C\CCCCCCCCc1cccc(C)c1. The van der Waals surface area contributed by atoms with E-state index in [4.69, 9.17) is 0 Å². The molecule has 1 aromatic carbocycles. The van der Waals surface area contributed by atoms with E-state index in [1.165, 1.54) is 81.8 Å². The lowest BCUT2D eigenvalue weighted by Crippen LogP contribution is -2.20. The van der Waals surface area contributed by atoms with Crippen molar-refractivity contribution in [1.82, 2.24) is 10.6 Å². The second-order valence-electron chi connectivity index (χ2n) is 7.75. The van der Waals surface area contributed by atoms with Crippen LogP contribution in [0.4, 0.5) is 0 Å². The summed E-state index contributed by atoms with van der Waals surface area (Å²) >= 11 is 0. The Morgan fingerprint density at radius 2 is 1.50 bits per heavy atom. The molecule has 2 N–H and O–H groups in total. The normalized spacial score (nSPS) is 10.9. The van der Waals surface area contributed by atoms with Crippen LogP contribution in [-0.4, -0.2) is 13.6 Å². The zero-order valence-corrected chi connectivity index (χ0v) is 18.4. The van der Waals surface area contributed by atoms with Crippen LogP contribution < -0.4 is 10.6 Å². The van der Waals surface area contributed by atoms with Crippen molar-refractivity contribution in [3.63, 3.8) is 0 Å². The number of allylic oxidation sites excluding steroid dienone is 2. The van der Waals surface area contributed by atoms with Crippen molar-refractivity contribution in [2.45, 2.75) is 77.6 Å². The summed E-state index contributed by atoms with van der Waals surface area (Å²) in [4.78, 5) is 0. The molecule has 0 saturated carbocycles. The molecule has 0 bridgehead atoms. The number of rotatable bonds is 17. The maximum Gasteiger partial charge on any atom is 0.0496 e. The van der Waals surface area contributed by atoms with Gasteiger partial charge in [0.05, 0.1) is 0 Å². The van der Waals surface area contributed by atoms with Crippen molar-refractivity contribution >= 4 is 0 Å². The first-order valence-electron chi connectivity index (χ1n) is 11.1. The molecule has 28 heavy (non-hydrogen) atoms.